The van der Waals surface area contributed by atoms with E-state index in [0.717, 1.165) is 31.2 Å². The van der Waals surface area contributed by atoms with Crippen molar-refractivity contribution < 1.29 is 14.3 Å². The van der Waals surface area contributed by atoms with Crippen LogP contribution < -0.4 is 0 Å². The summed E-state index contributed by atoms with van der Waals surface area (Å²) in [6.45, 7) is 0.409. The maximum absolute atomic E-state index is 13.0. The molecule has 1 N–H and O–H groups in total. The van der Waals surface area contributed by atoms with Crippen molar-refractivity contribution in [3.63, 3.8) is 0 Å². The topological polar surface area (TPSA) is 68.0 Å². The largest absolute Gasteiger partial charge is 0.476 e. The zero-order valence-electron chi connectivity index (χ0n) is 12.2. The Kier molecular flexibility index (Phi) is 4.18. The Balaban J connectivity index is 1.92. The second kappa shape index (κ2) is 6.25. The van der Waals surface area contributed by atoms with Gasteiger partial charge in [0.15, 0.2) is 5.69 Å². The molecule has 0 unspecified atom stereocenters. The first-order valence-electron chi connectivity index (χ1n) is 7.56. The maximum Gasteiger partial charge on any atom is 0.358 e. The van der Waals surface area contributed by atoms with Crippen molar-refractivity contribution in [2.75, 3.05) is 0 Å². The number of nitrogens with zero attached hydrogens (tertiary/aromatic N) is 3. The minimum Gasteiger partial charge on any atom is -0.476 e. The van der Waals surface area contributed by atoms with E-state index < -0.39 is 5.97 Å². The van der Waals surface area contributed by atoms with Crippen molar-refractivity contribution in [3.05, 3.63) is 47.0 Å². The lowest BCUT2D eigenvalue weighted by Gasteiger charge is -2.22. The predicted molar refractivity (Wildman–Crippen MR) is 78.3 cm³/mol. The smallest absolute Gasteiger partial charge is 0.358 e. The highest BCUT2D eigenvalue weighted by Gasteiger charge is 2.27. The number of hydrogen-bond donors (Lipinski definition) is 1. The molecule has 0 atom stereocenters. The third kappa shape index (κ3) is 3.00. The summed E-state index contributed by atoms with van der Waals surface area (Å²) in [6.07, 6.45) is 5.34. The number of halogens is 1. The molecule has 116 valence electrons. The molecule has 6 heteroatoms. The molecule has 1 heterocycles. The molecular formula is C16H18FN3O2. The minimum absolute atomic E-state index is 0.0500. The lowest BCUT2D eigenvalue weighted by atomic mass is 9.86. The van der Waals surface area contributed by atoms with Crippen molar-refractivity contribution in [2.45, 2.75) is 44.6 Å². The van der Waals surface area contributed by atoms with Crippen LogP contribution in [-0.4, -0.2) is 26.1 Å². The van der Waals surface area contributed by atoms with Gasteiger partial charge in [-0.1, -0.05) is 36.6 Å². The zero-order valence-corrected chi connectivity index (χ0v) is 12.2. The number of carboxylic acids is 1. The molecule has 1 saturated carbocycles. The van der Waals surface area contributed by atoms with Crippen molar-refractivity contribution in [1.82, 2.24) is 15.0 Å². The van der Waals surface area contributed by atoms with Crippen LogP contribution in [0.25, 0.3) is 0 Å². The van der Waals surface area contributed by atoms with Gasteiger partial charge in [-0.3, -0.25) is 0 Å². The molecule has 0 radical (unpaired) electrons. The fourth-order valence-electron chi connectivity index (χ4n) is 3.13. The quantitative estimate of drug-likeness (QED) is 0.941. The predicted octanol–water partition coefficient (Wildman–Crippen LogP) is 3.21. The van der Waals surface area contributed by atoms with Crippen molar-refractivity contribution in [2.24, 2.45) is 0 Å². The Morgan fingerprint density at radius 1 is 1.23 bits per heavy atom. The van der Waals surface area contributed by atoms with Gasteiger partial charge in [0.2, 0.25) is 0 Å². The SMILES string of the molecule is O=C(O)c1nnn(Cc2ccc(F)cc2)c1C1CCCCC1. The first-order chi connectivity index (χ1) is 10.6. The number of carbonyl (C=O) groups is 1. The molecule has 0 saturated heterocycles. The Labute approximate surface area is 127 Å². The van der Waals surface area contributed by atoms with Gasteiger partial charge in [0, 0.05) is 5.92 Å². The van der Waals surface area contributed by atoms with E-state index in [0.29, 0.717) is 12.2 Å². The molecule has 0 spiro atoms. The molecule has 0 aliphatic heterocycles. The van der Waals surface area contributed by atoms with Crippen LogP contribution in [0.15, 0.2) is 24.3 Å². The Hall–Kier alpha value is -2.24. The summed E-state index contributed by atoms with van der Waals surface area (Å²) < 4.78 is 14.7. The molecular weight excluding hydrogens is 285 g/mol. The number of rotatable bonds is 4. The van der Waals surface area contributed by atoms with Crippen molar-refractivity contribution >= 4 is 5.97 Å². The molecule has 1 aliphatic carbocycles. The van der Waals surface area contributed by atoms with Crippen LogP contribution >= 0.6 is 0 Å². The summed E-state index contributed by atoms with van der Waals surface area (Å²) in [5.74, 6) is -1.14. The third-order valence-electron chi connectivity index (χ3n) is 4.21. The summed E-state index contributed by atoms with van der Waals surface area (Å²) >= 11 is 0. The number of hydrogen-bond acceptors (Lipinski definition) is 3. The van der Waals surface area contributed by atoms with Crippen molar-refractivity contribution in [1.29, 1.82) is 0 Å². The van der Waals surface area contributed by atoms with Crippen LogP contribution in [0.2, 0.25) is 0 Å². The van der Waals surface area contributed by atoms with Crippen LogP contribution in [0.1, 0.15) is 59.8 Å². The van der Waals surface area contributed by atoms with Crippen LogP contribution in [0, 0.1) is 5.82 Å². The van der Waals surface area contributed by atoms with Crippen LogP contribution in [0.5, 0.6) is 0 Å². The second-order valence-corrected chi connectivity index (χ2v) is 5.75. The average molecular weight is 303 g/mol. The molecule has 22 heavy (non-hydrogen) atoms. The first-order valence-corrected chi connectivity index (χ1v) is 7.56. The van der Waals surface area contributed by atoms with Gasteiger partial charge < -0.3 is 5.11 Å². The minimum atomic E-state index is -1.04. The van der Waals surface area contributed by atoms with Crippen LogP contribution in [-0.2, 0) is 6.54 Å². The highest BCUT2D eigenvalue weighted by molar-refractivity contribution is 5.86. The summed E-state index contributed by atoms with van der Waals surface area (Å²) in [6, 6.07) is 6.15. The van der Waals surface area contributed by atoms with Crippen LogP contribution in [0.4, 0.5) is 4.39 Å². The first kappa shape index (κ1) is 14.7. The molecule has 1 aromatic carbocycles. The molecule has 1 aliphatic rings. The maximum atomic E-state index is 13.0. The Morgan fingerprint density at radius 2 is 1.91 bits per heavy atom. The third-order valence-corrected chi connectivity index (χ3v) is 4.21. The Bertz CT molecular complexity index is 661. The normalized spacial score (nSPS) is 15.9. The summed E-state index contributed by atoms with van der Waals surface area (Å²) in [5, 5.41) is 17.2. The Morgan fingerprint density at radius 3 is 2.55 bits per heavy atom. The van der Waals surface area contributed by atoms with Gasteiger partial charge in [-0.2, -0.15) is 0 Å². The lowest BCUT2D eigenvalue weighted by molar-refractivity contribution is 0.0688. The molecule has 0 bridgehead atoms. The molecule has 5 nitrogen and oxygen atoms in total. The van der Waals surface area contributed by atoms with E-state index in [1.807, 2.05) is 0 Å². The molecule has 1 aromatic heterocycles. The number of benzene rings is 1. The summed E-state index contributed by atoms with van der Waals surface area (Å²) in [5.41, 5.74) is 1.63. The average Bonchev–Trinajstić information content (AvgIpc) is 2.94. The van der Waals surface area contributed by atoms with E-state index in [9.17, 15) is 14.3 Å². The standard InChI is InChI=1S/C16H18FN3O2/c17-13-8-6-11(7-9-13)10-20-15(12-4-2-1-3-5-12)14(16(21)22)18-19-20/h6-9,12H,1-5,10H2,(H,21,22). The summed E-state index contributed by atoms with van der Waals surface area (Å²) in [4.78, 5) is 11.4. The van der Waals surface area contributed by atoms with E-state index >= 15 is 0 Å². The lowest BCUT2D eigenvalue weighted by Crippen LogP contribution is -2.16. The van der Waals surface area contributed by atoms with Gasteiger partial charge in [0.25, 0.3) is 0 Å². The van der Waals surface area contributed by atoms with Gasteiger partial charge in [0.1, 0.15) is 5.82 Å². The molecule has 2 aromatic rings. The van der Waals surface area contributed by atoms with E-state index in [2.05, 4.69) is 10.3 Å². The van der Waals surface area contributed by atoms with Crippen molar-refractivity contribution in [3.8, 4) is 0 Å². The number of aromatic nitrogens is 3. The molecule has 1 fully saturated rings. The zero-order chi connectivity index (χ0) is 15.5. The highest BCUT2D eigenvalue weighted by atomic mass is 19.1. The second-order valence-electron chi connectivity index (χ2n) is 5.75. The van der Waals surface area contributed by atoms with E-state index in [4.69, 9.17) is 0 Å². The fourth-order valence-corrected chi connectivity index (χ4v) is 3.13. The fraction of sp³-hybridized carbons (Fsp3) is 0.438. The summed E-state index contributed by atoms with van der Waals surface area (Å²) in [7, 11) is 0. The van der Waals surface area contributed by atoms with Gasteiger partial charge >= 0.3 is 5.97 Å². The van der Waals surface area contributed by atoms with E-state index in [1.165, 1.54) is 18.6 Å². The monoisotopic (exact) mass is 303 g/mol. The molecule has 0 amide bonds. The number of carboxylic acid groups (broad SMARTS) is 1. The number of aromatic carboxylic acids is 1. The van der Waals surface area contributed by atoms with Gasteiger partial charge in [-0.15, -0.1) is 5.10 Å². The highest BCUT2D eigenvalue weighted by Crippen LogP contribution is 2.34. The molecule has 3 rings (SSSR count). The van der Waals surface area contributed by atoms with Crippen LogP contribution in [0.3, 0.4) is 0 Å². The van der Waals surface area contributed by atoms with E-state index in [-0.39, 0.29) is 17.4 Å². The van der Waals surface area contributed by atoms with E-state index in [1.54, 1.807) is 16.8 Å². The van der Waals surface area contributed by atoms with Gasteiger partial charge in [-0.05, 0) is 30.5 Å². The van der Waals surface area contributed by atoms with Gasteiger partial charge in [-0.25, -0.2) is 13.9 Å². The van der Waals surface area contributed by atoms with Gasteiger partial charge in [0.05, 0.1) is 12.2 Å².